The molecule has 1 unspecified atom stereocenters. The molecule has 0 radical (unpaired) electrons. The second kappa shape index (κ2) is 5.58. The number of hydrogen-bond donors (Lipinski definition) is 2. The molecule has 0 aliphatic carbocycles. The summed E-state index contributed by atoms with van der Waals surface area (Å²) in [5.74, 6) is 0.964. The highest BCUT2D eigenvalue weighted by atomic mass is 16.5. The molecule has 0 amide bonds. The number of ether oxygens (including phenoxy) is 2. The highest BCUT2D eigenvalue weighted by Crippen LogP contribution is 2.46. The van der Waals surface area contributed by atoms with Crippen molar-refractivity contribution >= 4 is 16.3 Å². The van der Waals surface area contributed by atoms with Crippen molar-refractivity contribution in [2.24, 2.45) is 0 Å². The summed E-state index contributed by atoms with van der Waals surface area (Å²) >= 11 is 0. The molecule has 24 heavy (non-hydrogen) atoms. The SMILES string of the molecule is COc1c(O)cccc1C1=COc2ccc3ccccc3c2C1O. The molecule has 0 spiro atoms. The Bertz CT molecular complexity index is 959. The van der Waals surface area contributed by atoms with Gasteiger partial charge in [0.25, 0.3) is 0 Å². The van der Waals surface area contributed by atoms with E-state index in [1.807, 2.05) is 36.4 Å². The first-order valence-corrected chi connectivity index (χ1v) is 7.63. The summed E-state index contributed by atoms with van der Waals surface area (Å²) in [4.78, 5) is 0. The van der Waals surface area contributed by atoms with Crippen molar-refractivity contribution in [1.82, 2.24) is 0 Å². The van der Waals surface area contributed by atoms with Gasteiger partial charge in [0, 0.05) is 16.7 Å². The van der Waals surface area contributed by atoms with E-state index in [0.717, 1.165) is 16.3 Å². The van der Waals surface area contributed by atoms with Crippen LogP contribution in [0.25, 0.3) is 16.3 Å². The van der Waals surface area contributed by atoms with Gasteiger partial charge in [-0.05, 0) is 22.9 Å². The molecule has 0 saturated heterocycles. The van der Waals surface area contributed by atoms with E-state index in [4.69, 9.17) is 9.47 Å². The summed E-state index contributed by atoms with van der Waals surface area (Å²) in [5, 5.41) is 23.0. The second-order valence-corrected chi connectivity index (χ2v) is 5.65. The van der Waals surface area contributed by atoms with E-state index in [1.165, 1.54) is 13.4 Å². The number of aliphatic hydroxyl groups excluding tert-OH is 1. The number of fused-ring (bicyclic) bond motifs is 3. The Labute approximate surface area is 139 Å². The summed E-state index contributed by atoms with van der Waals surface area (Å²) in [6.07, 6.45) is 0.634. The minimum absolute atomic E-state index is 0.0202. The van der Waals surface area contributed by atoms with Crippen molar-refractivity contribution < 1.29 is 19.7 Å². The minimum atomic E-state index is -0.879. The molecule has 1 aliphatic rings. The number of phenolic OH excluding ortho intramolecular Hbond substituents is 1. The highest BCUT2D eigenvalue weighted by Gasteiger charge is 2.28. The zero-order valence-corrected chi connectivity index (χ0v) is 13.1. The third-order valence-electron chi connectivity index (χ3n) is 4.32. The fourth-order valence-corrected chi connectivity index (χ4v) is 3.18. The number of hydrogen-bond acceptors (Lipinski definition) is 4. The summed E-state index contributed by atoms with van der Waals surface area (Å²) in [6.45, 7) is 0. The van der Waals surface area contributed by atoms with Crippen LogP contribution in [0.3, 0.4) is 0 Å². The van der Waals surface area contributed by atoms with Gasteiger partial charge in [-0.15, -0.1) is 0 Å². The molecule has 1 atom stereocenters. The molecular weight excluding hydrogens is 304 g/mol. The lowest BCUT2D eigenvalue weighted by atomic mass is 9.90. The molecule has 0 fully saturated rings. The standard InChI is InChI=1S/C20H16O4/c1-23-20-14(7-4-8-16(20)21)15-11-24-17-10-9-12-5-2-3-6-13(12)18(17)19(15)22/h2-11,19,21-22H,1H3. The summed E-state index contributed by atoms with van der Waals surface area (Å²) in [6, 6.07) is 16.7. The van der Waals surface area contributed by atoms with Crippen LogP contribution in [0.5, 0.6) is 17.2 Å². The monoisotopic (exact) mass is 320 g/mol. The van der Waals surface area contributed by atoms with Crippen LogP contribution in [0, 0.1) is 0 Å². The molecule has 4 heteroatoms. The van der Waals surface area contributed by atoms with Gasteiger partial charge in [0.1, 0.15) is 11.9 Å². The molecule has 4 nitrogen and oxygen atoms in total. The Kier molecular flexibility index (Phi) is 3.40. The average molecular weight is 320 g/mol. The number of para-hydroxylation sites is 1. The Balaban J connectivity index is 1.90. The number of methoxy groups -OCH3 is 1. The highest BCUT2D eigenvalue weighted by molar-refractivity contribution is 5.92. The van der Waals surface area contributed by atoms with Crippen LogP contribution in [0.1, 0.15) is 17.2 Å². The quantitative estimate of drug-likeness (QED) is 0.749. The van der Waals surface area contributed by atoms with E-state index in [0.29, 0.717) is 22.6 Å². The minimum Gasteiger partial charge on any atom is -0.504 e. The van der Waals surface area contributed by atoms with E-state index < -0.39 is 6.10 Å². The number of benzene rings is 3. The first kappa shape index (κ1) is 14.6. The van der Waals surface area contributed by atoms with Crippen LogP contribution in [0.15, 0.2) is 60.9 Å². The van der Waals surface area contributed by atoms with E-state index in [-0.39, 0.29) is 5.75 Å². The molecule has 3 aromatic rings. The number of phenols is 1. The van der Waals surface area contributed by atoms with Crippen LogP contribution in [-0.4, -0.2) is 17.3 Å². The fraction of sp³-hybridized carbons (Fsp3) is 0.100. The van der Waals surface area contributed by atoms with Gasteiger partial charge in [-0.2, -0.15) is 0 Å². The lowest BCUT2D eigenvalue weighted by Gasteiger charge is -2.25. The largest absolute Gasteiger partial charge is 0.504 e. The zero-order valence-electron chi connectivity index (χ0n) is 13.1. The molecule has 3 aromatic carbocycles. The summed E-state index contributed by atoms with van der Waals surface area (Å²) < 4.78 is 11.0. The van der Waals surface area contributed by atoms with Crippen molar-refractivity contribution in [3.05, 3.63) is 72.0 Å². The molecule has 1 heterocycles. The van der Waals surface area contributed by atoms with E-state index in [9.17, 15) is 10.2 Å². The molecule has 1 aliphatic heterocycles. The third kappa shape index (κ3) is 2.12. The topological polar surface area (TPSA) is 58.9 Å². The summed E-state index contributed by atoms with van der Waals surface area (Å²) in [7, 11) is 1.48. The van der Waals surface area contributed by atoms with Gasteiger partial charge in [0.05, 0.1) is 13.4 Å². The number of aliphatic hydroxyl groups is 1. The summed E-state index contributed by atoms with van der Waals surface area (Å²) in [5.41, 5.74) is 1.87. The predicted molar refractivity (Wildman–Crippen MR) is 92.2 cm³/mol. The molecule has 4 rings (SSSR count). The van der Waals surface area contributed by atoms with E-state index in [2.05, 4.69) is 0 Å². The van der Waals surface area contributed by atoms with E-state index >= 15 is 0 Å². The van der Waals surface area contributed by atoms with Gasteiger partial charge >= 0.3 is 0 Å². The lowest BCUT2D eigenvalue weighted by molar-refractivity contribution is 0.225. The van der Waals surface area contributed by atoms with Crippen LogP contribution in [-0.2, 0) is 0 Å². The molecule has 0 bridgehead atoms. The second-order valence-electron chi connectivity index (χ2n) is 5.65. The Morgan fingerprint density at radius 3 is 2.67 bits per heavy atom. The van der Waals surface area contributed by atoms with Crippen LogP contribution < -0.4 is 9.47 Å². The first-order chi connectivity index (χ1) is 11.7. The van der Waals surface area contributed by atoms with Gasteiger partial charge in [-0.25, -0.2) is 0 Å². The average Bonchev–Trinajstić information content (AvgIpc) is 2.61. The maximum Gasteiger partial charge on any atom is 0.168 e. The zero-order chi connectivity index (χ0) is 16.7. The lowest BCUT2D eigenvalue weighted by Crippen LogP contribution is -2.11. The Hall–Kier alpha value is -2.98. The van der Waals surface area contributed by atoms with Gasteiger partial charge in [-0.1, -0.05) is 42.5 Å². The van der Waals surface area contributed by atoms with Gasteiger partial charge in [0.15, 0.2) is 11.5 Å². The van der Waals surface area contributed by atoms with Crippen molar-refractivity contribution in [2.45, 2.75) is 6.10 Å². The maximum atomic E-state index is 11.0. The maximum absolute atomic E-state index is 11.0. The van der Waals surface area contributed by atoms with Crippen molar-refractivity contribution in [1.29, 1.82) is 0 Å². The Morgan fingerprint density at radius 2 is 1.83 bits per heavy atom. The molecule has 2 N–H and O–H groups in total. The molecule has 120 valence electrons. The molecule has 0 aromatic heterocycles. The van der Waals surface area contributed by atoms with Crippen LogP contribution in [0.2, 0.25) is 0 Å². The molecular formula is C20H16O4. The Morgan fingerprint density at radius 1 is 1.00 bits per heavy atom. The van der Waals surface area contributed by atoms with E-state index in [1.54, 1.807) is 18.2 Å². The smallest absolute Gasteiger partial charge is 0.168 e. The molecule has 0 saturated carbocycles. The number of aromatic hydroxyl groups is 1. The van der Waals surface area contributed by atoms with Crippen LogP contribution >= 0.6 is 0 Å². The number of rotatable bonds is 2. The van der Waals surface area contributed by atoms with Crippen molar-refractivity contribution in [3.8, 4) is 17.2 Å². The normalized spacial score (nSPS) is 16.2. The van der Waals surface area contributed by atoms with Gasteiger partial charge in [-0.3, -0.25) is 0 Å². The van der Waals surface area contributed by atoms with Crippen molar-refractivity contribution in [2.75, 3.05) is 7.11 Å². The fourth-order valence-electron chi connectivity index (χ4n) is 3.18. The van der Waals surface area contributed by atoms with Gasteiger partial charge < -0.3 is 19.7 Å². The third-order valence-corrected chi connectivity index (χ3v) is 4.32. The van der Waals surface area contributed by atoms with Gasteiger partial charge in [0.2, 0.25) is 0 Å². The van der Waals surface area contributed by atoms with Crippen molar-refractivity contribution in [3.63, 3.8) is 0 Å². The predicted octanol–water partition coefficient (Wildman–Crippen LogP) is 4.02. The van der Waals surface area contributed by atoms with Crippen LogP contribution in [0.4, 0.5) is 0 Å². The first-order valence-electron chi connectivity index (χ1n) is 7.63.